The number of piperidine rings is 1. The van der Waals surface area contributed by atoms with Crippen molar-refractivity contribution in [1.29, 1.82) is 0 Å². The van der Waals surface area contributed by atoms with Gasteiger partial charge in [0.05, 0.1) is 6.54 Å². The van der Waals surface area contributed by atoms with Gasteiger partial charge in [0.2, 0.25) is 17.6 Å². The third kappa shape index (κ3) is 5.13. The van der Waals surface area contributed by atoms with Crippen molar-refractivity contribution in [3.63, 3.8) is 0 Å². The van der Waals surface area contributed by atoms with E-state index in [4.69, 9.17) is 4.52 Å². The molecular weight excluding hydrogens is 347 g/mol. The highest BCUT2D eigenvalue weighted by atomic mass is 19.1. The first-order chi connectivity index (χ1) is 13.1. The van der Waals surface area contributed by atoms with Crippen LogP contribution >= 0.6 is 0 Å². The van der Waals surface area contributed by atoms with Crippen molar-refractivity contribution in [3.05, 3.63) is 36.0 Å². The zero-order valence-electron chi connectivity index (χ0n) is 15.9. The van der Waals surface area contributed by atoms with E-state index >= 15 is 0 Å². The van der Waals surface area contributed by atoms with Gasteiger partial charge < -0.3 is 9.84 Å². The second kappa shape index (κ2) is 9.08. The van der Waals surface area contributed by atoms with Crippen LogP contribution in [0.1, 0.15) is 45.4 Å². The van der Waals surface area contributed by atoms with Crippen LogP contribution in [-0.2, 0) is 11.3 Å². The molecule has 0 spiro atoms. The Morgan fingerprint density at radius 2 is 1.93 bits per heavy atom. The van der Waals surface area contributed by atoms with Gasteiger partial charge in [0.15, 0.2) is 0 Å². The number of benzene rings is 1. The maximum absolute atomic E-state index is 13.0. The van der Waals surface area contributed by atoms with Gasteiger partial charge in [-0.15, -0.1) is 0 Å². The van der Waals surface area contributed by atoms with E-state index < -0.39 is 0 Å². The molecule has 0 radical (unpaired) electrons. The number of amides is 1. The van der Waals surface area contributed by atoms with Gasteiger partial charge >= 0.3 is 0 Å². The molecule has 0 atom stereocenters. The number of nitrogens with one attached hydrogen (secondary N) is 1. The Hall–Kier alpha value is -2.28. The molecule has 0 saturated carbocycles. The molecule has 146 valence electrons. The molecular formula is C20H27FN4O2. The summed E-state index contributed by atoms with van der Waals surface area (Å²) in [6, 6.07) is 6.30. The Balaban J connectivity index is 1.49. The number of hydrogen-bond donors (Lipinski definition) is 1. The van der Waals surface area contributed by atoms with Gasteiger partial charge in [0.1, 0.15) is 5.82 Å². The predicted molar refractivity (Wildman–Crippen MR) is 100 cm³/mol. The van der Waals surface area contributed by atoms with Gasteiger partial charge in [-0.3, -0.25) is 9.69 Å². The standard InChI is InChI=1S/C20H27FN4O2/c1-3-17(4-2)22-20(26)15-9-11-25(12-10-15)13-18-23-19(24-27-18)14-5-7-16(21)8-6-14/h5-8,15,17H,3-4,9-13H2,1-2H3,(H,22,26). The van der Waals surface area contributed by atoms with Crippen molar-refractivity contribution < 1.29 is 13.7 Å². The molecule has 1 aliphatic rings. The summed E-state index contributed by atoms with van der Waals surface area (Å²) < 4.78 is 18.3. The number of hydrogen-bond acceptors (Lipinski definition) is 5. The van der Waals surface area contributed by atoms with E-state index in [0.29, 0.717) is 18.3 Å². The Kier molecular flexibility index (Phi) is 6.55. The predicted octanol–water partition coefficient (Wildman–Crippen LogP) is 3.39. The largest absolute Gasteiger partial charge is 0.353 e. The van der Waals surface area contributed by atoms with Crippen molar-refractivity contribution >= 4 is 5.91 Å². The molecule has 27 heavy (non-hydrogen) atoms. The van der Waals surface area contributed by atoms with Crippen LogP contribution in [0.5, 0.6) is 0 Å². The van der Waals surface area contributed by atoms with E-state index in [1.807, 2.05) is 0 Å². The Morgan fingerprint density at radius 1 is 1.26 bits per heavy atom. The van der Waals surface area contributed by atoms with Crippen LogP contribution in [0.15, 0.2) is 28.8 Å². The zero-order chi connectivity index (χ0) is 19.2. The van der Waals surface area contributed by atoms with Crippen LogP contribution in [0.3, 0.4) is 0 Å². The fraction of sp³-hybridized carbons (Fsp3) is 0.550. The average Bonchev–Trinajstić information content (AvgIpc) is 3.15. The Morgan fingerprint density at radius 3 is 2.56 bits per heavy atom. The van der Waals surface area contributed by atoms with Gasteiger partial charge in [0.25, 0.3) is 0 Å². The smallest absolute Gasteiger partial charge is 0.241 e. The first-order valence-corrected chi connectivity index (χ1v) is 9.70. The quantitative estimate of drug-likeness (QED) is 0.804. The maximum atomic E-state index is 13.0. The molecule has 1 aliphatic heterocycles. The minimum Gasteiger partial charge on any atom is -0.353 e. The molecule has 1 amide bonds. The second-order valence-corrected chi connectivity index (χ2v) is 7.09. The van der Waals surface area contributed by atoms with E-state index in [2.05, 4.69) is 34.2 Å². The van der Waals surface area contributed by atoms with Crippen molar-refractivity contribution in [3.8, 4) is 11.4 Å². The van der Waals surface area contributed by atoms with Gasteiger partial charge in [-0.25, -0.2) is 4.39 Å². The summed E-state index contributed by atoms with van der Waals surface area (Å²) in [5.74, 6) is 0.969. The molecule has 2 heterocycles. The summed E-state index contributed by atoms with van der Waals surface area (Å²) in [5.41, 5.74) is 0.725. The van der Waals surface area contributed by atoms with Crippen LogP contribution in [0, 0.1) is 11.7 Å². The van der Waals surface area contributed by atoms with Crippen LogP contribution in [0.2, 0.25) is 0 Å². The molecule has 0 unspecified atom stereocenters. The van der Waals surface area contributed by atoms with Crippen molar-refractivity contribution in [2.45, 2.75) is 52.1 Å². The highest BCUT2D eigenvalue weighted by molar-refractivity contribution is 5.79. The lowest BCUT2D eigenvalue weighted by Crippen LogP contribution is -2.43. The van der Waals surface area contributed by atoms with E-state index in [-0.39, 0.29) is 23.7 Å². The lowest BCUT2D eigenvalue weighted by Gasteiger charge is -2.31. The molecule has 2 aromatic rings. The third-order valence-corrected chi connectivity index (χ3v) is 5.22. The fourth-order valence-electron chi connectivity index (χ4n) is 3.39. The average molecular weight is 374 g/mol. The highest BCUT2D eigenvalue weighted by Gasteiger charge is 2.26. The van der Waals surface area contributed by atoms with Gasteiger partial charge in [-0.05, 0) is 63.0 Å². The molecule has 7 heteroatoms. The van der Waals surface area contributed by atoms with E-state index in [0.717, 1.165) is 44.3 Å². The van der Waals surface area contributed by atoms with Crippen molar-refractivity contribution in [1.82, 2.24) is 20.4 Å². The molecule has 6 nitrogen and oxygen atoms in total. The molecule has 0 aliphatic carbocycles. The van der Waals surface area contributed by atoms with Gasteiger partial charge in [-0.1, -0.05) is 19.0 Å². The minimum absolute atomic E-state index is 0.0827. The number of halogens is 1. The summed E-state index contributed by atoms with van der Waals surface area (Å²) >= 11 is 0. The van der Waals surface area contributed by atoms with Crippen molar-refractivity contribution in [2.75, 3.05) is 13.1 Å². The molecule has 1 aromatic carbocycles. The Labute approximate surface area is 159 Å². The molecule has 1 saturated heterocycles. The number of aromatic nitrogens is 2. The normalized spacial score (nSPS) is 16.0. The first kappa shape index (κ1) is 19.5. The van der Waals surface area contributed by atoms with E-state index in [1.165, 1.54) is 12.1 Å². The van der Waals surface area contributed by atoms with Crippen LogP contribution in [0.4, 0.5) is 4.39 Å². The van der Waals surface area contributed by atoms with Crippen LogP contribution in [-0.4, -0.2) is 40.1 Å². The maximum Gasteiger partial charge on any atom is 0.241 e. The summed E-state index contributed by atoms with van der Waals surface area (Å²) in [6.45, 7) is 6.42. The third-order valence-electron chi connectivity index (χ3n) is 5.22. The number of rotatable bonds is 7. The topological polar surface area (TPSA) is 71.3 Å². The van der Waals surface area contributed by atoms with Crippen LogP contribution < -0.4 is 5.32 Å². The zero-order valence-corrected chi connectivity index (χ0v) is 15.9. The lowest BCUT2D eigenvalue weighted by molar-refractivity contribution is -0.127. The fourth-order valence-corrected chi connectivity index (χ4v) is 3.39. The van der Waals surface area contributed by atoms with E-state index in [1.54, 1.807) is 12.1 Å². The number of carbonyl (C=O) groups excluding carboxylic acids is 1. The monoisotopic (exact) mass is 374 g/mol. The van der Waals surface area contributed by atoms with Crippen molar-refractivity contribution in [2.24, 2.45) is 5.92 Å². The van der Waals surface area contributed by atoms with E-state index in [9.17, 15) is 9.18 Å². The Bertz CT molecular complexity index is 735. The highest BCUT2D eigenvalue weighted by Crippen LogP contribution is 2.21. The number of nitrogens with zero attached hydrogens (tertiary/aromatic N) is 3. The molecule has 3 rings (SSSR count). The first-order valence-electron chi connectivity index (χ1n) is 9.70. The van der Waals surface area contributed by atoms with Crippen LogP contribution in [0.25, 0.3) is 11.4 Å². The lowest BCUT2D eigenvalue weighted by atomic mass is 9.95. The molecule has 1 fully saturated rings. The SMILES string of the molecule is CCC(CC)NC(=O)C1CCN(Cc2nc(-c3ccc(F)cc3)no2)CC1. The van der Waals surface area contributed by atoms with Gasteiger partial charge in [0, 0.05) is 17.5 Å². The molecule has 1 aromatic heterocycles. The number of likely N-dealkylation sites (tertiary alicyclic amines) is 1. The second-order valence-electron chi connectivity index (χ2n) is 7.09. The molecule has 1 N–H and O–H groups in total. The number of carbonyl (C=O) groups is 1. The summed E-state index contributed by atoms with van der Waals surface area (Å²) in [5, 5.41) is 7.13. The summed E-state index contributed by atoms with van der Waals surface area (Å²) in [6.07, 6.45) is 3.61. The summed E-state index contributed by atoms with van der Waals surface area (Å²) in [4.78, 5) is 19.0. The summed E-state index contributed by atoms with van der Waals surface area (Å²) in [7, 11) is 0. The minimum atomic E-state index is -0.293. The molecule has 0 bridgehead atoms. The van der Waals surface area contributed by atoms with Gasteiger partial charge in [-0.2, -0.15) is 4.98 Å².